The van der Waals surface area contributed by atoms with Gasteiger partial charge in [-0.05, 0) is 49.6 Å². The van der Waals surface area contributed by atoms with E-state index >= 15 is 0 Å². The molecule has 210 valence electrons. The standard InChI is InChI=1S/C26H25ClF3NO7S/c1-39(34,35)31-25(33)15-6-8-17(12-15)36-10-3-11-37-22-13-16(26(28,29)30)7-9-19(22)23-14-21(32)18-4-2-5-20(27)24(18)38-23/h2,4-5,7,9,13-15,17H,3,6,8,10-12H2,1H3,(H,31,33). The van der Waals surface area contributed by atoms with E-state index in [1.54, 1.807) is 6.07 Å². The first-order chi connectivity index (χ1) is 18.3. The number of carbonyl (C=O) groups excluding carboxylic acids is 1. The molecule has 2 aromatic carbocycles. The maximum absolute atomic E-state index is 13.4. The van der Waals surface area contributed by atoms with Gasteiger partial charge in [0, 0.05) is 18.4 Å². The number of alkyl halides is 3. The Morgan fingerprint density at radius 2 is 1.92 bits per heavy atom. The molecule has 2 unspecified atom stereocenters. The first kappa shape index (κ1) is 28.9. The van der Waals surface area contributed by atoms with E-state index in [-0.39, 0.29) is 52.4 Å². The number of rotatable bonds is 9. The van der Waals surface area contributed by atoms with Crippen LogP contribution in [-0.2, 0) is 25.7 Å². The summed E-state index contributed by atoms with van der Waals surface area (Å²) < 4.78 is 81.9. The van der Waals surface area contributed by atoms with E-state index in [2.05, 4.69) is 0 Å². The average molecular weight is 588 g/mol. The summed E-state index contributed by atoms with van der Waals surface area (Å²) >= 11 is 6.16. The molecular formula is C26H25ClF3NO7S. The van der Waals surface area contributed by atoms with Crippen LogP contribution in [0.4, 0.5) is 13.2 Å². The van der Waals surface area contributed by atoms with Crippen LogP contribution in [0.3, 0.4) is 0 Å². The zero-order valence-electron chi connectivity index (χ0n) is 20.7. The van der Waals surface area contributed by atoms with Crippen molar-refractivity contribution in [1.82, 2.24) is 4.72 Å². The van der Waals surface area contributed by atoms with Crippen molar-refractivity contribution in [2.45, 2.75) is 38.0 Å². The van der Waals surface area contributed by atoms with Gasteiger partial charge < -0.3 is 13.9 Å². The molecule has 39 heavy (non-hydrogen) atoms. The number of ether oxygens (including phenoxy) is 2. The summed E-state index contributed by atoms with van der Waals surface area (Å²) in [5.41, 5.74) is -1.07. The molecule has 0 aliphatic heterocycles. The molecule has 0 saturated heterocycles. The molecule has 1 fully saturated rings. The Kier molecular flexibility index (Phi) is 8.57. The van der Waals surface area contributed by atoms with Crippen LogP contribution < -0.4 is 14.9 Å². The van der Waals surface area contributed by atoms with Crippen molar-refractivity contribution < 1.29 is 40.3 Å². The highest BCUT2D eigenvalue weighted by Gasteiger charge is 2.33. The van der Waals surface area contributed by atoms with Crippen molar-refractivity contribution in [3.63, 3.8) is 0 Å². The van der Waals surface area contributed by atoms with Crippen molar-refractivity contribution >= 4 is 38.5 Å². The second kappa shape index (κ2) is 11.6. The van der Waals surface area contributed by atoms with Gasteiger partial charge in [-0.2, -0.15) is 13.2 Å². The largest absolute Gasteiger partial charge is 0.493 e. The van der Waals surface area contributed by atoms with Gasteiger partial charge in [0.15, 0.2) is 11.0 Å². The molecule has 1 saturated carbocycles. The first-order valence-corrected chi connectivity index (χ1v) is 14.3. The molecule has 0 radical (unpaired) electrons. The molecule has 4 rings (SSSR count). The fraction of sp³-hybridized carbons (Fsp3) is 0.385. The summed E-state index contributed by atoms with van der Waals surface area (Å²) in [5, 5.41) is 0.418. The predicted octanol–water partition coefficient (Wildman–Crippen LogP) is 5.16. The van der Waals surface area contributed by atoms with Crippen molar-refractivity contribution in [3.05, 3.63) is 63.3 Å². The SMILES string of the molecule is CS(=O)(=O)NC(=O)C1CCC(OCCCOc2cc(C(F)(F)F)ccc2-c2cc(=O)c3cccc(Cl)c3o2)C1. The van der Waals surface area contributed by atoms with Crippen LogP contribution >= 0.6 is 11.6 Å². The smallest absolute Gasteiger partial charge is 0.416 e. The minimum atomic E-state index is -4.62. The van der Waals surface area contributed by atoms with Crippen LogP contribution in [0.5, 0.6) is 5.75 Å². The third-order valence-corrected chi connectivity index (χ3v) is 7.09. The zero-order chi connectivity index (χ0) is 28.4. The summed E-state index contributed by atoms with van der Waals surface area (Å²) in [6.07, 6.45) is -2.21. The van der Waals surface area contributed by atoms with Gasteiger partial charge in [-0.3, -0.25) is 14.3 Å². The normalized spacial score (nSPS) is 17.9. The van der Waals surface area contributed by atoms with Crippen molar-refractivity contribution in [1.29, 1.82) is 0 Å². The highest BCUT2D eigenvalue weighted by molar-refractivity contribution is 7.89. The van der Waals surface area contributed by atoms with Crippen molar-refractivity contribution in [3.8, 4) is 17.1 Å². The van der Waals surface area contributed by atoms with Gasteiger partial charge in [0.05, 0.1) is 47.1 Å². The third kappa shape index (κ3) is 7.31. The van der Waals surface area contributed by atoms with E-state index < -0.39 is 39.0 Å². The number of hydrogen-bond donors (Lipinski definition) is 1. The fourth-order valence-electron chi connectivity index (χ4n) is 4.38. The fourth-order valence-corrected chi connectivity index (χ4v) is 5.13. The maximum Gasteiger partial charge on any atom is 0.416 e. The lowest BCUT2D eigenvalue weighted by molar-refractivity contribution is -0.137. The third-order valence-electron chi connectivity index (χ3n) is 6.22. The molecule has 3 aromatic rings. The molecule has 1 aromatic heterocycles. The molecule has 1 heterocycles. The summed E-state index contributed by atoms with van der Waals surface area (Å²) in [7, 11) is -3.64. The number of benzene rings is 2. The Labute approximate surface area is 227 Å². The Hall–Kier alpha value is -3.09. The second-order valence-electron chi connectivity index (χ2n) is 9.24. The van der Waals surface area contributed by atoms with E-state index in [1.807, 2.05) is 4.72 Å². The minimum absolute atomic E-state index is 0.00239. The summed E-state index contributed by atoms with van der Waals surface area (Å²) in [6.45, 7) is 0.206. The number of fused-ring (bicyclic) bond motifs is 1. The number of amides is 1. The Balaban J connectivity index is 1.43. The molecule has 1 N–H and O–H groups in total. The quantitative estimate of drug-likeness (QED) is 0.344. The van der Waals surface area contributed by atoms with Crippen LogP contribution in [0.25, 0.3) is 22.3 Å². The van der Waals surface area contributed by atoms with Gasteiger partial charge in [0.1, 0.15) is 11.5 Å². The predicted molar refractivity (Wildman–Crippen MR) is 138 cm³/mol. The van der Waals surface area contributed by atoms with E-state index in [9.17, 15) is 31.2 Å². The Bertz CT molecular complexity index is 1540. The zero-order valence-corrected chi connectivity index (χ0v) is 22.3. The molecule has 0 bridgehead atoms. The summed E-state index contributed by atoms with van der Waals surface area (Å²) in [6, 6.07) is 8.72. The molecular weight excluding hydrogens is 563 g/mol. The monoisotopic (exact) mass is 587 g/mol. The maximum atomic E-state index is 13.4. The van der Waals surface area contributed by atoms with E-state index in [0.29, 0.717) is 25.7 Å². The highest BCUT2D eigenvalue weighted by atomic mass is 35.5. The summed E-state index contributed by atoms with van der Waals surface area (Å²) in [4.78, 5) is 24.6. The molecule has 1 amide bonds. The van der Waals surface area contributed by atoms with Crippen LogP contribution in [0.1, 0.15) is 31.2 Å². The van der Waals surface area contributed by atoms with E-state index in [0.717, 1.165) is 18.4 Å². The number of sulfonamides is 1. The summed E-state index contributed by atoms with van der Waals surface area (Å²) in [5.74, 6) is -1.16. The van der Waals surface area contributed by atoms with Gasteiger partial charge in [-0.1, -0.05) is 17.7 Å². The van der Waals surface area contributed by atoms with Crippen molar-refractivity contribution in [2.75, 3.05) is 19.5 Å². The minimum Gasteiger partial charge on any atom is -0.493 e. The second-order valence-corrected chi connectivity index (χ2v) is 11.4. The lowest BCUT2D eigenvalue weighted by atomic mass is 10.1. The van der Waals surface area contributed by atoms with E-state index in [4.69, 9.17) is 25.5 Å². The Morgan fingerprint density at radius 3 is 2.64 bits per heavy atom. The number of para-hydroxylation sites is 1. The van der Waals surface area contributed by atoms with Gasteiger partial charge in [-0.15, -0.1) is 0 Å². The van der Waals surface area contributed by atoms with E-state index in [1.165, 1.54) is 24.3 Å². The van der Waals surface area contributed by atoms with Gasteiger partial charge >= 0.3 is 6.18 Å². The van der Waals surface area contributed by atoms with Crippen molar-refractivity contribution in [2.24, 2.45) is 5.92 Å². The average Bonchev–Trinajstić information content (AvgIpc) is 3.32. The molecule has 1 aliphatic rings. The Morgan fingerprint density at radius 1 is 1.15 bits per heavy atom. The van der Waals surface area contributed by atoms with Crippen LogP contribution in [0.15, 0.2) is 51.7 Å². The van der Waals surface area contributed by atoms with Gasteiger partial charge in [0.2, 0.25) is 15.9 Å². The van der Waals surface area contributed by atoms with Crippen LogP contribution in [-0.4, -0.2) is 39.9 Å². The van der Waals surface area contributed by atoms with Gasteiger partial charge in [-0.25, -0.2) is 8.42 Å². The lowest BCUT2D eigenvalue weighted by Gasteiger charge is -2.16. The lowest BCUT2D eigenvalue weighted by Crippen LogP contribution is -2.34. The number of hydrogen-bond acceptors (Lipinski definition) is 7. The number of carbonyl (C=O) groups is 1. The topological polar surface area (TPSA) is 112 Å². The number of halogens is 4. The molecule has 13 heteroatoms. The molecule has 8 nitrogen and oxygen atoms in total. The van der Waals surface area contributed by atoms with Crippen LogP contribution in [0.2, 0.25) is 5.02 Å². The van der Waals surface area contributed by atoms with Gasteiger partial charge in [0.25, 0.3) is 0 Å². The molecule has 2 atom stereocenters. The highest BCUT2D eigenvalue weighted by Crippen LogP contribution is 2.38. The number of nitrogens with one attached hydrogen (secondary N) is 1. The molecule has 0 spiro atoms. The van der Waals surface area contributed by atoms with Crippen LogP contribution in [0, 0.1) is 5.92 Å². The molecule has 1 aliphatic carbocycles. The first-order valence-electron chi connectivity index (χ1n) is 12.0.